The van der Waals surface area contributed by atoms with Crippen LogP contribution in [0.5, 0.6) is 23.0 Å². The second-order valence-corrected chi connectivity index (χ2v) is 8.20. The zero-order chi connectivity index (χ0) is 20.9. The Bertz CT molecular complexity index is 954. The maximum absolute atomic E-state index is 12.2. The summed E-state index contributed by atoms with van der Waals surface area (Å²) in [5, 5.41) is 11.0. The van der Waals surface area contributed by atoms with Gasteiger partial charge in [0.15, 0.2) is 17.3 Å². The highest BCUT2D eigenvalue weighted by Gasteiger charge is 2.27. The highest BCUT2D eigenvalue weighted by molar-refractivity contribution is 9.09. The van der Waals surface area contributed by atoms with Crippen molar-refractivity contribution in [1.82, 2.24) is 0 Å². The van der Waals surface area contributed by atoms with Gasteiger partial charge >= 0.3 is 5.97 Å². The molecule has 9 nitrogen and oxygen atoms in total. The Kier molecular flexibility index (Phi) is 7.19. The van der Waals surface area contributed by atoms with E-state index in [1.165, 1.54) is 20.3 Å². The lowest BCUT2D eigenvalue weighted by molar-refractivity contribution is -0.131. The lowest BCUT2D eigenvalue weighted by atomic mass is 10.1. The minimum absolute atomic E-state index is 0.101. The predicted molar refractivity (Wildman–Crippen MR) is 106 cm³/mol. The van der Waals surface area contributed by atoms with Crippen molar-refractivity contribution in [3.05, 3.63) is 18.2 Å². The maximum atomic E-state index is 12.2. The zero-order valence-electron chi connectivity index (χ0n) is 15.4. The van der Waals surface area contributed by atoms with Gasteiger partial charge in [0.05, 0.1) is 20.0 Å². The van der Waals surface area contributed by atoms with Crippen LogP contribution in [0, 0.1) is 0 Å². The molecule has 0 amide bonds. The van der Waals surface area contributed by atoms with E-state index in [4.69, 9.17) is 18.6 Å². The SMILES string of the molecule is COc1ccc(-c2oc(NS(=O)(=O)CCCBr)c(OC(C)=O)c2O)cc1OC. The van der Waals surface area contributed by atoms with Gasteiger partial charge in [-0.05, 0) is 24.6 Å². The molecule has 1 aromatic heterocycles. The van der Waals surface area contributed by atoms with Crippen molar-refractivity contribution in [1.29, 1.82) is 0 Å². The van der Waals surface area contributed by atoms with Crippen LogP contribution in [0.15, 0.2) is 22.6 Å². The van der Waals surface area contributed by atoms with Crippen molar-refractivity contribution >= 4 is 37.8 Å². The van der Waals surface area contributed by atoms with E-state index in [0.717, 1.165) is 6.92 Å². The standard InChI is InChI=1S/C17H20BrNO8S/c1-10(20)26-16-14(21)15(11-5-6-12(24-2)13(9-11)25-3)27-17(16)19-28(22,23)8-4-7-18/h5-6,9,19,21H,4,7-8H2,1-3H3. The Morgan fingerprint density at radius 1 is 1.25 bits per heavy atom. The number of sulfonamides is 1. The van der Waals surface area contributed by atoms with Gasteiger partial charge in [0.25, 0.3) is 5.88 Å². The molecule has 0 radical (unpaired) electrons. The number of halogens is 1. The van der Waals surface area contributed by atoms with Crippen LogP contribution in [-0.2, 0) is 14.8 Å². The lowest BCUT2D eigenvalue weighted by Crippen LogP contribution is -2.17. The molecule has 11 heteroatoms. The van der Waals surface area contributed by atoms with Crippen LogP contribution in [0.4, 0.5) is 5.88 Å². The van der Waals surface area contributed by atoms with E-state index in [1.54, 1.807) is 12.1 Å². The van der Waals surface area contributed by atoms with E-state index in [2.05, 4.69) is 20.7 Å². The summed E-state index contributed by atoms with van der Waals surface area (Å²) in [6.45, 7) is 1.12. The maximum Gasteiger partial charge on any atom is 0.308 e. The minimum atomic E-state index is -3.79. The molecule has 0 aliphatic heterocycles. The Hall–Kier alpha value is -2.40. The molecule has 0 saturated carbocycles. The number of nitrogens with one attached hydrogen (secondary N) is 1. The van der Waals surface area contributed by atoms with Crippen LogP contribution < -0.4 is 18.9 Å². The Morgan fingerprint density at radius 2 is 1.93 bits per heavy atom. The van der Waals surface area contributed by atoms with E-state index in [9.17, 15) is 18.3 Å². The molecule has 2 N–H and O–H groups in total. The van der Waals surface area contributed by atoms with Gasteiger partial charge in [-0.3, -0.25) is 4.79 Å². The van der Waals surface area contributed by atoms with Gasteiger partial charge in [0, 0.05) is 17.8 Å². The number of furan rings is 1. The number of alkyl halides is 1. The molecule has 154 valence electrons. The lowest BCUT2D eigenvalue weighted by Gasteiger charge is -2.08. The highest BCUT2D eigenvalue weighted by Crippen LogP contribution is 2.47. The van der Waals surface area contributed by atoms with Gasteiger partial charge in [-0.15, -0.1) is 0 Å². The first-order chi connectivity index (χ1) is 13.2. The number of benzene rings is 1. The van der Waals surface area contributed by atoms with Gasteiger partial charge in [0.2, 0.25) is 21.5 Å². The predicted octanol–water partition coefficient (Wildman–Crippen LogP) is 3.12. The van der Waals surface area contributed by atoms with E-state index < -0.39 is 33.4 Å². The van der Waals surface area contributed by atoms with Crippen molar-refractivity contribution in [3.63, 3.8) is 0 Å². The molecular formula is C17H20BrNO8S. The molecule has 0 unspecified atom stereocenters. The third-order valence-corrected chi connectivity index (χ3v) is 5.41. The van der Waals surface area contributed by atoms with Crippen molar-refractivity contribution < 1.29 is 36.9 Å². The number of hydrogen-bond donors (Lipinski definition) is 2. The first-order valence-corrected chi connectivity index (χ1v) is 10.8. The molecular weight excluding hydrogens is 458 g/mol. The smallest absolute Gasteiger partial charge is 0.308 e. The van der Waals surface area contributed by atoms with Crippen molar-refractivity contribution in [2.45, 2.75) is 13.3 Å². The fourth-order valence-electron chi connectivity index (χ4n) is 2.32. The summed E-state index contributed by atoms with van der Waals surface area (Å²) in [5.74, 6) is -1.57. The molecule has 28 heavy (non-hydrogen) atoms. The zero-order valence-corrected chi connectivity index (χ0v) is 17.8. The van der Waals surface area contributed by atoms with E-state index in [0.29, 0.717) is 28.8 Å². The average Bonchev–Trinajstić information content (AvgIpc) is 2.94. The number of ether oxygens (including phenoxy) is 3. The van der Waals surface area contributed by atoms with Gasteiger partial charge in [-0.2, -0.15) is 0 Å². The number of aromatic hydroxyl groups is 1. The summed E-state index contributed by atoms with van der Waals surface area (Å²) in [7, 11) is -0.870. The van der Waals surface area contributed by atoms with Crippen LogP contribution in [0.2, 0.25) is 0 Å². The summed E-state index contributed by atoms with van der Waals surface area (Å²) in [4.78, 5) is 11.4. The van der Waals surface area contributed by atoms with Crippen LogP contribution in [0.25, 0.3) is 11.3 Å². The van der Waals surface area contributed by atoms with Crippen LogP contribution in [0.3, 0.4) is 0 Å². The van der Waals surface area contributed by atoms with Crippen LogP contribution >= 0.6 is 15.9 Å². The average molecular weight is 478 g/mol. The molecule has 1 heterocycles. The number of hydrogen-bond acceptors (Lipinski definition) is 8. The van der Waals surface area contributed by atoms with E-state index >= 15 is 0 Å². The largest absolute Gasteiger partial charge is 0.502 e. The monoisotopic (exact) mass is 477 g/mol. The molecule has 0 atom stereocenters. The number of anilines is 1. The number of carbonyl (C=O) groups excluding carboxylic acids is 1. The summed E-state index contributed by atoms with van der Waals surface area (Å²) >= 11 is 3.16. The molecule has 2 aromatic rings. The second-order valence-electron chi connectivity index (χ2n) is 5.56. The number of methoxy groups -OCH3 is 2. The second kappa shape index (κ2) is 9.20. The molecule has 0 fully saturated rings. The normalized spacial score (nSPS) is 11.1. The Morgan fingerprint density at radius 3 is 2.50 bits per heavy atom. The number of rotatable bonds is 9. The topological polar surface area (TPSA) is 124 Å². The van der Waals surface area contributed by atoms with Crippen molar-refractivity contribution in [2.75, 3.05) is 30.0 Å². The summed E-state index contributed by atoms with van der Waals surface area (Å²) < 4.78 is 47.4. The van der Waals surface area contributed by atoms with E-state index in [-0.39, 0.29) is 11.5 Å². The fraction of sp³-hybridized carbons (Fsp3) is 0.353. The molecule has 0 spiro atoms. The number of carbonyl (C=O) groups is 1. The van der Waals surface area contributed by atoms with Crippen LogP contribution in [0.1, 0.15) is 13.3 Å². The molecule has 2 rings (SSSR count). The molecule has 0 bridgehead atoms. The molecule has 0 aliphatic carbocycles. The van der Waals surface area contributed by atoms with Gasteiger partial charge in [-0.1, -0.05) is 15.9 Å². The first kappa shape index (κ1) is 21.9. The summed E-state index contributed by atoms with van der Waals surface area (Å²) in [5.41, 5.74) is 0.356. The minimum Gasteiger partial charge on any atom is -0.502 e. The Balaban J connectivity index is 2.52. The number of esters is 1. The molecule has 0 aliphatic rings. The van der Waals surface area contributed by atoms with Gasteiger partial charge in [0.1, 0.15) is 0 Å². The first-order valence-electron chi connectivity index (χ1n) is 8.05. The summed E-state index contributed by atoms with van der Waals surface area (Å²) in [6, 6.07) is 4.68. The summed E-state index contributed by atoms with van der Waals surface area (Å²) in [6.07, 6.45) is 0.355. The van der Waals surface area contributed by atoms with Crippen molar-refractivity contribution in [3.8, 4) is 34.3 Å². The molecule has 0 saturated heterocycles. The fourth-order valence-corrected chi connectivity index (χ4v) is 4.02. The van der Waals surface area contributed by atoms with Gasteiger partial charge in [-0.25, -0.2) is 13.1 Å². The molecule has 1 aromatic carbocycles. The highest BCUT2D eigenvalue weighted by atomic mass is 79.9. The third kappa shape index (κ3) is 5.10. The Labute approximate surface area is 170 Å². The van der Waals surface area contributed by atoms with E-state index in [1.807, 2.05) is 0 Å². The van der Waals surface area contributed by atoms with Crippen molar-refractivity contribution in [2.24, 2.45) is 0 Å². The third-order valence-electron chi connectivity index (χ3n) is 3.53. The van der Waals surface area contributed by atoms with Crippen LogP contribution in [-0.4, -0.2) is 44.8 Å². The quantitative estimate of drug-likeness (QED) is 0.416. The van der Waals surface area contributed by atoms with Gasteiger partial charge < -0.3 is 23.7 Å².